The van der Waals surface area contributed by atoms with Crippen molar-refractivity contribution in [3.63, 3.8) is 0 Å². The first-order valence-corrected chi connectivity index (χ1v) is 10.6. The second kappa shape index (κ2) is 9.23. The maximum atomic E-state index is 12.9. The van der Waals surface area contributed by atoms with Crippen LogP contribution < -0.4 is 10.6 Å². The smallest absolute Gasteiger partial charge is 0.336 e. The molecule has 1 unspecified atom stereocenters. The summed E-state index contributed by atoms with van der Waals surface area (Å²) in [5.74, 6) is -1.35. The van der Waals surface area contributed by atoms with Gasteiger partial charge in [-0.25, -0.2) is 0 Å². The lowest BCUT2D eigenvalue weighted by atomic mass is 10.1. The van der Waals surface area contributed by atoms with Gasteiger partial charge in [0, 0.05) is 24.1 Å². The molecule has 0 saturated heterocycles. The van der Waals surface area contributed by atoms with Gasteiger partial charge in [0.25, 0.3) is 0 Å². The lowest BCUT2D eigenvalue weighted by Gasteiger charge is -2.26. The highest BCUT2D eigenvalue weighted by molar-refractivity contribution is 8.01. The first kappa shape index (κ1) is 23.6. The number of nitrogens with zero attached hydrogens (tertiary/aromatic N) is 1. The predicted molar refractivity (Wildman–Crippen MR) is 117 cm³/mol. The molecule has 3 rings (SSSR count). The van der Waals surface area contributed by atoms with Crippen LogP contribution in [0.15, 0.2) is 41.3 Å². The third kappa shape index (κ3) is 5.42. The second-order valence-electron chi connectivity index (χ2n) is 7.55. The molecule has 0 bridgehead atoms. The van der Waals surface area contributed by atoms with Crippen molar-refractivity contribution >= 4 is 40.9 Å². The Labute approximate surface area is 187 Å². The average Bonchev–Trinajstić information content (AvgIpc) is 2.70. The van der Waals surface area contributed by atoms with Gasteiger partial charge in [-0.1, -0.05) is 12.1 Å². The predicted octanol–water partition coefficient (Wildman–Crippen LogP) is 4.22. The quantitative estimate of drug-likeness (QED) is 0.693. The van der Waals surface area contributed by atoms with Crippen LogP contribution in [0.4, 0.5) is 24.5 Å². The molecule has 1 aliphatic heterocycles. The molecule has 170 valence electrons. The van der Waals surface area contributed by atoms with Gasteiger partial charge in [0.1, 0.15) is 0 Å². The molecule has 0 saturated carbocycles. The first-order chi connectivity index (χ1) is 15.0. The van der Waals surface area contributed by atoms with E-state index in [1.165, 1.54) is 18.0 Å². The lowest BCUT2D eigenvalue weighted by Crippen LogP contribution is -2.39. The van der Waals surface area contributed by atoms with E-state index in [1.807, 2.05) is 26.0 Å². The number of halogens is 3. The maximum absolute atomic E-state index is 12.9. The number of carbonyl (C=O) groups is 3. The number of carbonyl (C=O) groups excluding carboxylic acids is 3. The average molecular weight is 465 g/mol. The van der Waals surface area contributed by atoms with Crippen molar-refractivity contribution in [3.05, 3.63) is 53.1 Å². The van der Waals surface area contributed by atoms with Gasteiger partial charge < -0.3 is 15.5 Å². The summed E-state index contributed by atoms with van der Waals surface area (Å²) in [6.45, 7) is 3.61. The van der Waals surface area contributed by atoms with Gasteiger partial charge in [-0.2, -0.15) is 13.2 Å². The Kier molecular flexibility index (Phi) is 6.82. The Morgan fingerprint density at radius 3 is 2.59 bits per heavy atom. The highest BCUT2D eigenvalue weighted by Gasteiger charge is 2.34. The van der Waals surface area contributed by atoms with Crippen LogP contribution in [0.2, 0.25) is 0 Å². The number of hydrogen-bond acceptors (Lipinski definition) is 4. The Bertz CT molecular complexity index is 1070. The van der Waals surface area contributed by atoms with Crippen molar-refractivity contribution in [1.29, 1.82) is 0 Å². The van der Waals surface area contributed by atoms with Crippen molar-refractivity contribution in [2.24, 2.45) is 0 Å². The fourth-order valence-corrected chi connectivity index (χ4v) is 4.24. The van der Waals surface area contributed by atoms with Crippen LogP contribution in [0.25, 0.3) is 0 Å². The molecule has 3 amide bonds. The number of likely N-dealkylation sites (N-methyl/N-ethyl adjacent to an activating group) is 1. The summed E-state index contributed by atoms with van der Waals surface area (Å²) >= 11 is 1.03. The number of benzene rings is 2. The van der Waals surface area contributed by atoms with E-state index < -0.39 is 28.8 Å². The highest BCUT2D eigenvalue weighted by Crippen LogP contribution is 2.40. The van der Waals surface area contributed by atoms with E-state index in [1.54, 1.807) is 6.07 Å². The monoisotopic (exact) mass is 465 g/mol. The lowest BCUT2D eigenvalue weighted by molar-refractivity contribution is -0.137. The zero-order valence-corrected chi connectivity index (χ0v) is 18.5. The molecule has 1 atom stereocenters. The molecule has 0 radical (unpaired) electrons. The molecule has 10 heteroatoms. The number of nitrogens with one attached hydrogen (secondary N) is 2. The summed E-state index contributed by atoms with van der Waals surface area (Å²) in [4.78, 5) is 38.9. The molecule has 1 aliphatic rings. The van der Waals surface area contributed by atoms with Gasteiger partial charge >= 0.3 is 6.18 Å². The maximum Gasteiger partial charge on any atom is 0.416 e. The zero-order chi connectivity index (χ0) is 23.6. The third-order valence-electron chi connectivity index (χ3n) is 5.17. The Morgan fingerprint density at radius 1 is 1.19 bits per heavy atom. The Hall–Kier alpha value is -3.01. The van der Waals surface area contributed by atoms with Gasteiger partial charge in [0.05, 0.1) is 23.0 Å². The second-order valence-corrected chi connectivity index (χ2v) is 8.80. The zero-order valence-electron chi connectivity index (χ0n) is 17.7. The minimum absolute atomic E-state index is 0.0692. The van der Waals surface area contributed by atoms with E-state index in [9.17, 15) is 27.6 Å². The molecule has 6 nitrogen and oxygen atoms in total. The number of aryl methyl sites for hydroxylation is 1. The first-order valence-electron chi connectivity index (χ1n) is 9.74. The number of hydrogen-bond donors (Lipinski definition) is 2. The van der Waals surface area contributed by atoms with Crippen LogP contribution >= 0.6 is 11.8 Å². The number of anilines is 2. The largest absolute Gasteiger partial charge is 0.416 e. The standard InChI is InChI=1S/C22H22F3N3O3S/c1-12-5-4-6-15(13(12)2)26-19(29)11-28(3)20(30)10-18-21(31)27-16-9-14(22(23,24)25)7-8-17(16)32-18/h4-9,18H,10-11H2,1-3H3,(H,26,29)(H,27,31). The molecule has 2 aromatic rings. The van der Waals surface area contributed by atoms with Crippen molar-refractivity contribution < 1.29 is 27.6 Å². The van der Waals surface area contributed by atoms with Crippen LogP contribution in [-0.4, -0.2) is 41.5 Å². The van der Waals surface area contributed by atoms with Crippen molar-refractivity contribution in [1.82, 2.24) is 4.90 Å². The highest BCUT2D eigenvalue weighted by atomic mass is 32.2. The van der Waals surface area contributed by atoms with Gasteiger partial charge in [0.2, 0.25) is 17.7 Å². The molecular formula is C22H22F3N3O3S. The summed E-state index contributed by atoms with van der Waals surface area (Å²) in [5, 5.41) is 4.40. The fourth-order valence-electron chi connectivity index (χ4n) is 3.16. The van der Waals surface area contributed by atoms with E-state index in [0.717, 1.165) is 35.0 Å². The minimum Gasteiger partial charge on any atom is -0.336 e. The van der Waals surface area contributed by atoms with E-state index in [0.29, 0.717) is 10.6 Å². The topological polar surface area (TPSA) is 78.5 Å². The SMILES string of the molecule is Cc1cccc(NC(=O)CN(C)C(=O)CC2Sc3ccc(C(F)(F)F)cc3NC2=O)c1C. The normalized spacial score (nSPS) is 15.6. The summed E-state index contributed by atoms with van der Waals surface area (Å²) < 4.78 is 38.6. The number of thioether (sulfide) groups is 1. The number of amides is 3. The summed E-state index contributed by atoms with van der Waals surface area (Å²) in [5.41, 5.74) is 1.82. The van der Waals surface area contributed by atoms with Gasteiger partial charge in [-0.05, 0) is 49.2 Å². The molecular weight excluding hydrogens is 443 g/mol. The van der Waals surface area contributed by atoms with E-state index in [-0.39, 0.29) is 24.6 Å². The number of fused-ring (bicyclic) bond motifs is 1. The molecule has 1 heterocycles. The fraction of sp³-hybridized carbons (Fsp3) is 0.318. The third-order valence-corrected chi connectivity index (χ3v) is 6.45. The number of alkyl halides is 3. The molecule has 2 aromatic carbocycles. The summed E-state index contributed by atoms with van der Waals surface area (Å²) in [6.07, 6.45) is -4.71. The molecule has 0 spiro atoms. The van der Waals surface area contributed by atoms with Gasteiger partial charge in [-0.15, -0.1) is 11.8 Å². The van der Waals surface area contributed by atoms with Crippen LogP contribution in [0.5, 0.6) is 0 Å². The number of rotatable bonds is 5. The van der Waals surface area contributed by atoms with Crippen LogP contribution in [0.3, 0.4) is 0 Å². The van der Waals surface area contributed by atoms with Crippen LogP contribution in [0, 0.1) is 13.8 Å². The Balaban J connectivity index is 1.60. The summed E-state index contributed by atoms with van der Waals surface area (Å²) in [6, 6.07) is 8.61. The van der Waals surface area contributed by atoms with E-state index >= 15 is 0 Å². The molecule has 0 aromatic heterocycles. The minimum atomic E-state index is -4.52. The molecule has 2 N–H and O–H groups in total. The van der Waals surface area contributed by atoms with Crippen LogP contribution in [0.1, 0.15) is 23.1 Å². The molecule has 0 fully saturated rings. The molecule has 32 heavy (non-hydrogen) atoms. The van der Waals surface area contributed by atoms with Crippen molar-refractivity contribution in [2.45, 2.75) is 36.6 Å². The van der Waals surface area contributed by atoms with Crippen molar-refractivity contribution in [2.75, 3.05) is 24.2 Å². The van der Waals surface area contributed by atoms with E-state index in [4.69, 9.17) is 0 Å². The molecule has 0 aliphatic carbocycles. The van der Waals surface area contributed by atoms with Crippen LogP contribution in [-0.2, 0) is 20.6 Å². The Morgan fingerprint density at radius 2 is 1.91 bits per heavy atom. The van der Waals surface area contributed by atoms with Crippen molar-refractivity contribution in [3.8, 4) is 0 Å². The summed E-state index contributed by atoms with van der Waals surface area (Å²) in [7, 11) is 1.46. The van der Waals surface area contributed by atoms with E-state index in [2.05, 4.69) is 10.6 Å². The van der Waals surface area contributed by atoms with Gasteiger partial charge in [-0.3, -0.25) is 14.4 Å². The van der Waals surface area contributed by atoms with Gasteiger partial charge in [0.15, 0.2) is 0 Å².